The first-order valence-corrected chi connectivity index (χ1v) is 5.62. The summed E-state index contributed by atoms with van der Waals surface area (Å²) in [4.78, 5) is 12.9. The van der Waals surface area contributed by atoms with Gasteiger partial charge in [-0.05, 0) is 6.42 Å². The first-order valence-electron chi connectivity index (χ1n) is 5.62. The van der Waals surface area contributed by atoms with E-state index in [1.54, 1.807) is 0 Å². The van der Waals surface area contributed by atoms with Gasteiger partial charge in [0, 0.05) is 26.2 Å². The molecule has 16 heavy (non-hydrogen) atoms. The summed E-state index contributed by atoms with van der Waals surface area (Å²) in [5.41, 5.74) is -1.02. The van der Waals surface area contributed by atoms with E-state index in [2.05, 4.69) is 10.6 Å². The Hall–Kier alpha value is -0.910. The number of likely N-dealkylation sites (tertiary alicyclic amines) is 1. The predicted molar refractivity (Wildman–Crippen MR) is 55.5 cm³/mol. The summed E-state index contributed by atoms with van der Waals surface area (Å²) in [6.45, 7) is 2.89. The molecule has 2 heterocycles. The van der Waals surface area contributed by atoms with E-state index < -0.39 is 11.3 Å². The summed E-state index contributed by atoms with van der Waals surface area (Å²) in [6, 6.07) is -0.227. The lowest BCUT2D eigenvalue weighted by Crippen LogP contribution is -2.67. The van der Waals surface area contributed by atoms with E-state index in [1.165, 1.54) is 4.90 Å². The number of rotatable bonds is 2. The van der Waals surface area contributed by atoms with Crippen molar-refractivity contribution in [1.82, 2.24) is 15.5 Å². The molecule has 2 saturated heterocycles. The number of urea groups is 1. The number of alkyl halides is 2. The predicted octanol–water partition coefficient (Wildman–Crippen LogP) is 0.646. The van der Waals surface area contributed by atoms with Gasteiger partial charge in [-0.25, -0.2) is 13.6 Å². The summed E-state index contributed by atoms with van der Waals surface area (Å²) in [6.07, 6.45) is 0.850. The largest absolute Gasteiger partial charge is 0.338 e. The molecule has 2 rings (SSSR count). The fourth-order valence-electron chi connectivity index (χ4n) is 2.29. The molecule has 0 aromatic rings. The van der Waals surface area contributed by atoms with Gasteiger partial charge in [0.05, 0.1) is 12.0 Å². The molecular weight excluding hydrogens is 216 g/mol. The minimum atomic E-state index is -2.69. The minimum absolute atomic E-state index is 0.155. The Morgan fingerprint density at radius 2 is 2.12 bits per heavy atom. The van der Waals surface area contributed by atoms with E-state index in [9.17, 15) is 13.6 Å². The number of carbonyl (C=O) groups excluding carboxylic acids is 1. The van der Waals surface area contributed by atoms with Crippen LogP contribution in [-0.4, -0.2) is 49.6 Å². The molecule has 2 fully saturated rings. The Bertz CT molecular complexity index is 290. The van der Waals surface area contributed by atoms with Gasteiger partial charge >= 0.3 is 6.03 Å². The van der Waals surface area contributed by atoms with Crippen LogP contribution in [0.2, 0.25) is 0 Å². The van der Waals surface area contributed by atoms with Crippen molar-refractivity contribution in [2.75, 3.05) is 32.7 Å². The zero-order chi connectivity index (χ0) is 11.8. The second-order valence-electron chi connectivity index (χ2n) is 4.68. The third kappa shape index (κ3) is 1.65. The Labute approximate surface area is 93.4 Å². The molecule has 6 heteroatoms. The molecule has 92 valence electrons. The molecule has 2 aliphatic heterocycles. The third-order valence-electron chi connectivity index (χ3n) is 3.39. The Kier molecular flexibility index (Phi) is 2.77. The number of halogens is 2. The molecule has 0 radical (unpaired) electrons. The maximum Gasteiger partial charge on any atom is 0.317 e. The second-order valence-corrected chi connectivity index (χ2v) is 4.68. The van der Waals surface area contributed by atoms with Crippen LogP contribution in [0.25, 0.3) is 0 Å². The average molecular weight is 233 g/mol. The molecule has 2 amide bonds. The lowest BCUT2D eigenvalue weighted by molar-refractivity contribution is -0.142. The standard InChI is InChI=1S/C10H17F2N3O/c1-2-3-14-8(16)15-6-9(7-15)4-13-5-10(9,11)12/h13H,2-7H2,1H3,(H,14,16). The Morgan fingerprint density at radius 3 is 2.62 bits per heavy atom. The van der Waals surface area contributed by atoms with Crippen LogP contribution in [0.1, 0.15) is 13.3 Å². The molecule has 0 aromatic heterocycles. The molecule has 0 unspecified atom stereocenters. The summed E-state index contributed by atoms with van der Waals surface area (Å²) in [7, 11) is 0. The normalized spacial score (nSPS) is 25.6. The van der Waals surface area contributed by atoms with Gasteiger partial charge in [-0.1, -0.05) is 6.92 Å². The van der Waals surface area contributed by atoms with Crippen LogP contribution in [0.3, 0.4) is 0 Å². The maximum absolute atomic E-state index is 13.5. The topological polar surface area (TPSA) is 44.4 Å². The number of amides is 2. The van der Waals surface area contributed by atoms with Gasteiger partial charge in [0.25, 0.3) is 5.92 Å². The van der Waals surface area contributed by atoms with E-state index in [0.717, 1.165) is 6.42 Å². The number of hydrogen-bond donors (Lipinski definition) is 2. The number of hydrogen-bond acceptors (Lipinski definition) is 2. The third-order valence-corrected chi connectivity index (χ3v) is 3.39. The van der Waals surface area contributed by atoms with Gasteiger partial charge < -0.3 is 15.5 Å². The molecule has 2 aliphatic rings. The summed E-state index contributed by atoms with van der Waals surface area (Å²) < 4.78 is 27.0. The van der Waals surface area contributed by atoms with Crippen LogP contribution < -0.4 is 10.6 Å². The van der Waals surface area contributed by atoms with Gasteiger partial charge in [0.2, 0.25) is 0 Å². The second kappa shape index (κ2) is 3.84. The van der Waals surface area contributed by atoms with Crippen LogP contribution in [0.4, 0.5) is 13.6 Å². The van der Waals surface area contributed by atoms with E-state index in [1.807, 2.05) is 6.92 Å². The molecule has 0 atom stereocenters. The first-order chi connectivity index (χ1) is 7.51. The zero-order valence-corrected chi connectivity index (χ0v) is 9.35. The average Bonchev–Trinajstić information content (AvgIpc) is 2.47. The molecule has 2 N–H and O–H groups in total. The fraction of sp³-hybridized carbons (Fsp3) is 0.900. The van der Waals surface area contributed by atoms with Gasteiger partial charge in [-0.15, -0.1) is 0 Å². The van der Waals surface area contributed by atoms with E-state index in [4.69, 9.17) is 0 Å². The van der Waals surface area contributed by atoms with Gasteiger partial charge in [0.15, 0.2) is 0 Å². The van der Waals surface area contributed by atoms with Gasteiger partial charge in [-0.2, -0.15) is 0 Å². The summed E-state index contributed by atoms with van der Waals surface area (Å²) >= 11 is 0. The van der Waals surface area contributed by atoms with Crippen molar-refractivity contribution in [3.8, 4) is 0 Å². The highest BCUT2D eigenvalue weighted by Gasteiger charge is 2.64. The van der Waals surface area contributed by atoms with Crippen LogP contribution in [0.15, 0.2) is 0 Å². The first kappa shape index (κ1) is 11.6. The van der Waals surface area contributed by atoms with Crippen LogP contribution in [0, 0.1) is 5.41 Å². The number of carbonyl (C=O) groups is 1. The molecule has 1 spiro atoms. The number of nitrogens with one attached hydrogen (secondary N) is 2. The molecule has 4 nitrogen and oxygen atoms in total. The maximum atomic E-state index is 13.5. The highest BCUT2D eigenvalue weighted by atomic mass is 19.3. The molecule has 0 bridgehead atoms. The minimum Gasteiger partial charge on any atom is -0.338 e. The van der Waals surface area contributed by atoms with Crippen molar-refractivity contribution in [1.29, 1.82) is 0 Å². The Balaban J connectivity index is 1.87. The van der Waals surface area contributed by atoms with E-state index >= 15 is 0 Å². The molecule has 0 aromatic carbocycles. The van der Waals surface area contributed by atoms with Crippen molar-refractivity contribution in [2.24, 2.45) is 5.41 Å². The van der Waals surface area contributed by atoms with Gasteiger partial charge in [-0.3, -0.25) is 0 Å². The lowest BCUT2D eigenvalue weighted by atomic mass is 9.76. The molecule has 0 saturated carbocycles. The quantitative estimate of drug-likeness (QED) is 0.735. The summed E-state index contributed by atoms with van der Waals surface area (Å²) in [5.74, 6) is -2.69. The van der Waals surface area contributed by atoms with Crippen LogP contribution in [0.5, 0.6) is 0 Å². The highest BCUT2D eigenvalue weighted by Crippen LogP contribution is 2.46. The van der Waals surface area contributed by atoms with Crippen molar-refractivity contribution in [3.63, 3.8) is 0 Å². The van der Waals surface area contributed by atoms with E-state index in [0.29, 0.717) is 13.1 Å². The van der Waals surface area contributed by atoms with Crippen molar-refractivity contribution < 1.29 is 13.6 Å². The molecular formula is C10H17F2N3O. The molecule has 0 aliphatic carbocycles. The van der Waals surface area contributed by atoms with Gasteiger partial charge in [0.1, 0.15) is 0 Å². The summed E-state index contributed by atoms with van der Waals surface area (Å²) in [5, 5.41) is 5.39. The van der Waals surface area contributed by atoms with Crippen molar-refractivity contribution in [3.05, 3.63) is 0 Å². The lowest BCUT2D eigenvalue weighted by Gasteiger charge is -2.49. The monoisotopic (exact) mass is 233 g/mol. The SMILES string of the molecule is CCCNC(=O)N1CC2(CNCC2(F)F)C1. The number of nitrogens with zero attached hydrogens (tertiary/aromatic N) is 1. The Morgan fingerprint density at radius 1 is 1.44 bits per heavy atom. The van der Waals surface area contributed by atoms with Crippen LogP contribution >= 0.6 is 0 Å². The zero-order valence-electron chi connectivity index (χ0n) is 9.35. The highest BCUT2D eigenvalue weighted by molar-refractivity contribution is 5.75. The fourth-order valence-corrected chi connectivity index (χ4v) is 2.29. The van der Waals surface area contributed by atoms with E-state index in [-0.39, 0.29) is 25.7 Å². The smallest absolute Gasteiger partial charge is 0.317 e. The van der Waals surface area contributed by atoms with Crippen LogP contribution in [-0.2, 0) is 0 Å². The van der Waals surface area contributed by atoms with Crippen molar-refractivity contribution >= 4 is 6.03 Å². The van der Waals surface area contributed by atoms with Crippen molar-refractivity contribution in [2.45, 2.75) is 19.3 Å².